The zero-order valence-corrected chi connectivity index (χ0v) is 13.8. The van der Waals surface area contributed by atoms with Gasteiger partial charge in [0.2, 0.25) is 0 Å². The quantitative estimate of drug-likeness (QED) is 0.712. The van der Waals surface area contributed by atoms with Gasteiger partial charge in [0.05, 0.1) is 16.9 Å². The van der Waals surface area contributed by atoms with Crippen molar-refractivity contribution in [1.82, 2.24) is 15.1 Å². The lowest BCUT2D eigenvalue weighted by molar-refractivity contribution is -0.156. The lowest BCUT2D eigenvalue weighted by Crippen LogP contribution is -2.37. The standard InChI is InChI=1S/C14H26ClN3O2/c1-6-16-12(14(19-7-2)20-8-3)13-11(15)9-17-18(13)10(4)5/h9-10,12,14,16H,6-8H2,1-5H3. The summed E-state index contributed by atoms with van der Waals surface area (Å²) in [5.74, 6) is 0. The number of aromatic nitrogens is 2. The maximum absolute atomic E-state index is 6.33. The molecule has 6 heteroatoms. The second kappa shape index (κ2) is 8.62. The summed E-state index contributed by atoms with van der Waals surface area (Å²) in [4.78, 5) is 0. The molecule has 1 aromatic heterocycles. The summed E-state index contributed by atoms with van der Waals surface area (Å²) in [5.41, 5.74) is 0.912. The lowest BCUT2D eigenvalue weighted by Gasteiger charge is -2.29. The highest BCUT2D eigenvalue weighted by molar-refractivity contribution is 6.31. The lowest BCUT2D eigenvalue weighted by atomic mass is 10.1. The molecule has 20 heavy (non-hydrogen) atoms. The fourth-order valence-electron chi connectivity index (χ4n) is 2.16. The first-order valence-corrected chi connectivity index (χ1v) is 7.63. The molecule has 0 radical (unpaired) electrons. The van der Waals surface area contributed by atoms with Crippen molar-refractivity contribution in [2.24, 2.45) is 0 Å². The van der Waals surface area contributed by atoms with Crippen LogP contribution in [0.15, 0.2) is 6.20 Å². The number of nitrogens with one attached hydrogen (secondary N) is 1. The number of hydrogen-bond donors (Lipinski definition) is 1. The van der Waals surface area contributed by atoms with E-state index in [0.29, 0.717) is 18.2 Å². The number of likely N-dealkylation sites (N-methyl/N-ethyl adjacent to an activating group) is 1. The van der Waals surface area contributed by atoms with Gasteiger partial charge in [0.1, 0.15) is 6.04 Å². The van der Waals surface area contributed by atoms with Crippen molar-refractivity contribution >= 4 is 11.6 Å². The fourth-order valence-corrected chi connectivity index (χ4v) is 2.41. The molecule has 0 aliphatic heterocycles. The summed E-state index contributed by atoms with van der Waals surface area (Å²) in [6, 6.07) is 0.0832. The Hall–Kier alpha value is -0.620. The van der Waals surface area contributed by atoms with Crippen LogP contribution < -0.4 is 5.32 Å². The Balaban J connectivity index is 3.13. The Morgan fingerprint density at radius 3 is 2.30 bits per heavy atom. The molecule has 0 spiro atoms. The third kappa shape index (κ3) is 4.19. The van der Waals surface area contributed by atoms with Gasteiger partial charge >= 0.3 is 0 Å². The van der Waals surface area contributed by atoms with E-state index in [1.807, 2.05) is 25.5 Å². The van der Waals surface area contributed by atoms with Crippen LogP contribution >= 0.6 is 11.6 Å². The Bertz CT molecular complexity index is 390. The van der Waals surface area contributed by atoms with Gasteiger partial charge in [-0.3, -0.25) is 4.68 Å². The van der Waals surface area contributed by atoms with Crippen molar-refractivity contribution < 1.29 is 9.47 Å². The summed E-state index contributed by atoms with van der Waals surface area (Å²) < 4.78 is 13.4. The number of nitrogens with zero attached hydrogens (tertiary/aromatic N) is 2. The van der Waals surface area contributed by atoms with E-state index in [0.717, 1.165) is 12.2 Å². The third-order valence-electron chi connectivity index (χ3n) is 2.93. The molecule has 1 rings (SSSR count). The van der Waals surface area contributed by atoms with Crippen LogP contribution in [0.1, 0.15) is 52.4 Å². The number of rotatable bonds is 9. The van der Waals surface area contributed by atoms with Gasteiger partial charge < -0.3 is 14.8 Å². The molecule has 1 unspecified atom stereocenters. The smallest absolute Gasteiger partial charge is 0.178 e. The Morgan fingerprint density at radius 1 is 1.25 bits per heavy atom. The van der Waals surface area contributed by atoms with Crippen LogP contribution in [0, 0.1) is 0 Å². The maximum Gasteiger partial charge on any atom is 0.178 e. The molecule has 1 heterocycles. The highest BCUT2D eigenvalue weighted by atomic mass is 35.5. The number of ether oxygens (including phenoxy) is 2. The van der Waals surface area contributed by atoms with E-state index >= 15 is 0 Å². The molecule has 0 saturated carbocycles. The molecule has 0 saturated heterocycles. The van der Waals surface area contributed by atoms with Gasteiger partial charge in [-0.05, 0) is 34.2 Å². The molecular formula is C14H26ClN3O2. The van der Waals surface area contributed by atoms with Crippen LogP contribution in [0.4, 0.5) is 0 Å². The summed E-state index contributed by atoms with van der Waals surface area (Å²) in [6.45, 7) is 12.1. The second-order valence-corrected chi connectivity index (χ2v) is 5.14. The minimum Gasteiger partial charge on any atom is -0.351 e. The molecule has 0 aliphatic carbocycles. The largest absolute Gasteiger partial charge is 0.351 e. The molecule has 1 atom stereocenters. The van der Waals surface area contributed by atoms with Crippen molar-refractivity contribution in [1.29, 1.82) is 0 Å². The molecule has 0 fully saturated rings. The predicted molar refractivity (Wildman–Crippen MR) is 81.1 cm³/mol. The van der Waals surface area contributed by atoms with Gasteiger partial charge in [-0.2, -0.15) is 5.10 Å². The summed E-state index contributed by atoms with van der Waals surface area (Å²) in [7, 11) is 0. The van der Waals surface area contributed by atoms with Gasteiger partial charge in [0.25, 0.3) is 0 Å². The first-order valence-electron chi connectivity index (χ1n) is 7.26. The zero-order valence-electron chi connectivity index (χ0n) is 13.0. The van der Waals surface area contributed by atoms with Gasteiger partial charge in [-0.1, -0.05) is 18.5 Å². The monoisotopic (exact) mass is 303 g/mol. The molecule has 0 aliphatic rings. The van der Waals surface area contributed by atoms with Gasteiger partial charge in [-0.15, -0.1) is 0 Å². The van der Waals surface area contributed by atoms with Crippen LogP contribution in [-0.4, -0.2) is 35.8 Å². The number of hydrogen-bond acceptors (Lipinski definition) is 4. The molecule has 116 valence electrons. The average Bonchev–Trinajstić information content (AvgIpc) is 2.78. The molecule has 5 nitrogen and oxygen atoms in total. The van der Waals surface area contributed by atoms with Crippen LogP contribution in [0.25, 0.3) is 0 Å². The van der Waals surface area contributed by atoms with Gasteiger partial charge in [-0.25, -0.2) is 0 Å². The summed E-state index contributed by atoms with van der Waals surface area (Å²) in [5, 5.41) is 8.38. The first kappa shape index (κ1) is 17.4. The highest BCUT2D eigenvalue weighted by Crippen LogP contribution is 2.29. The van der Waals surface area contributed by atoms with Gasteiger partial charge in [0.15, 0.2) is 6.29 Å². The van der Waals surface area contributed by atoms with Gasteiger partial charge in [0, 0.05) is 19.3 Å². The van der Waals surface area contributed by atoms with Crippen molar-refractivity contribution in [2.45, 2.75) is 53.0 Å². The van der Waals surface area contributed by atoms with E-state index in [-0.39, 0.29) is 18.4 Å². The molecule has 1 N–H and O–H groups in total. The molecular weight excluding hydrogens is 278 g/mol. The molecule has 0 bridgehead atoms. The van der Waals surface area contributed by atoms with E-state index in [1.165, 1.54) is 0 Å². The van der Waals surface area contributed by atoms with E-state index < -0.39 is 0 Å². The Kier molecular flexibility index (Phi) is 7.51. The van der Waals surface area contributed by atoms with Crippen LogP contribution in [-0.2, 0) is 9.47 Å². The fraction of sp³-hybridized carbons (Fsp3) is 0.786. The normalized spacial score (nSPS) is 13.4. The van der Waals surface area contributed by atoms with Crippen LogP contribution in [0.5, 0.6) is 0 Å². The number of halogens is 1. The third-order valence-corrected chi connectivity index (χ3v) is 3.22. The minimum atomic E-state index is -0.378. The van der Waals surface area contributed by atoms with Crippen molar-refractivity contribution in [3.63, 3.8) is 0 Å². The van der Waals surface area contributed by atoms with E-state index in [1.54, 1.807) is 6.20 Å². The second-order valence-electron chi connectivity index (χ2n) is 4.73. The SMILES string of the molecule is CCNC(c1c(Cl)cnn1C(C)C)C(OCC)OCC. The van der Waals surface area contributed by atoms with Crippen molar-refractivity contribution in [2.75, 3.05) is 19.8 Å². The average molecular weight is 304 g/mol. The van der Waals surface area contributed by atoms with Crippen molar-refractivity contribution in [3.05, 3.63) is 16.9 Å². The van der Waals surface area contributed by atoms with Crippen molar-refractivity contribution in [3.8, 4) is 0 Å². The Morgan fingerprint density at radius 2 is 1.85 bits per heavy atom. The summed E-state index contributed by atoms with van der Waals surface area (Å²) >= 11 is 6.33. The Labute approximate surface area is 126 Å². The minimum absolute atomic E-state index is 0.141. The maximum atomic E-state index is 6.33. The predicted octanol–water partition coefficient (Wildman–Crippen LogP) is 3.17. The van der Waals surface area contributed by atoms with Crippen LogP contribution in [0.2, 0.25) is 5.02 Å². The van der Waals surface area contributed by atoms with E-state index in [4.69, 9.17) is 21.1 Å². The van der Waals surface area contributed by atoms with E-state index in [2.05, 4.69) is 24.3 Å². The highest BCUT2D eigenvalue weighted by Gasteiger charge is 2.29. The first-order chi connectivity index (χ1) is 9.56. The summed E-state index contributed by atoms with van der Waals surface area (Å²) in [6.07, 6.45) is 1.30. The molecule has 0 amide bonds. The molecule has 0 aromatic carbocycles. The van der Waals surface area contributed by atoms with Crippen LogP contribution in [0.3, 0.4) is 0 Å². The van der Waals surface area contributed by atoms with E-state index in [9.17, 15) is 0 Å². The zero-order chi connectivity index (χ0) is 15.1. The topological polar surface area (TPSA) is 48.3 Å². The molecule has 1 aromatic rings.